The largest absolute Gasteiger partial charge is 0.369 e. The van der Waals surface area contributed by atoms with Gasteiger partial charge in [-0.3, -0.25) is 9.79 Å². The molecule has 124 valence electrons. The smallest absolute Gasteiger partial charge is 0.224 e. The Kier molecular flexibility index (Phi) is 6.47. The summed E-state index contributed by atoms with van der Waals surface area (Å²) in [6, 6.07) is 2.08. The Morgan fingerprint density at radius 3 is 2.64 bits per heavy atom. The molecule has 0 saturated heterocycles. The van der Waals surface area contributed by atoms with E-state index in [4.69, 9.17) is 5.73 Å². The van der Waals surface area contributed by atoms with Crippen LogP contribution in [0.1, 0.15) is 26.5 Å². The SMILES string of the molecule is CCNC(=NCC(C)(C)C(N)=O)N(C)Cc1cc(Br)cn1C. The van der Waals surface area contributed by atoms with Crippen LogP contribution in [0.4, 0.5) is 0 Å². The molecule has 0 aliphatic heterocycles. The Morgan fingerprint density at radius 1 is 1.55 bits per heavy atom. The third kappa shape index (κ3) is 5.05. The molecule has 3 N–H and O–H groups in total. The summed E-state index contributed by atoms with van der Waals surface area (Å²) in [6.07, 6.45) is 2.02. The molecule has 0 fully saturated rings. The van der Waals surface area contributed by atoms with Crippen LogP contribution in [0.3, 0.4) is 0 Å². The summed E-state index contributed by atoms with van der Waals surface area (Å²) in [5, 5.41) is 3.24. The van der Waals surface area contributed by atoms with E-state index in [2.05, 4.69) is 36.9 Å². The summed E-state index contributed by atoms with van der Waals surface area (Å²) >= 11 is 3.48. The van der Waals surface area contributed by atoms with Crippen molar-refractivity contribution in [3.8, 4) is 0 Å². The monoisotopic (exact) mass is 371 g/mol. The Labute approximate surface area is 140 Å². The van der Waals surface area contributed by atoms with Gasteiger partial charge in [-0.25, -0.2) is 0 Å². The molecule has 6 nitrogen and oxygen atoms in total. The first kappa shape index (κ1) is 18.5. The number of carbonyl (C=O) groups is 1. The number of primary amides is 1. The summed E-state index contributed by atoms with van der Waals surface area (Å²) in [5.74, 6) is 0.412. The van der Waals surface area contributed by atoms with Crippen molar-refractivity contribution in [1.29, 1.82) is 0 Å². The number of nitrogens with one attached hydrogen (secondary N) is 1. The molecule has 7 heteroatoms. The molecule has 0 unspecified atom stereocenters. The first-order valence-corrected chi connectivity index (χ1v) is 8.06. The van der Waals surface area contributed by atoms with Gasteiger partial charge in [-0.2, -0.15) is 0 Å². The number of aryl methyl sites for hydroxylation is 1. The van der Waals surface area contributed by atoms with Gasteiger partial charge in [-0.1, -0.05) is 0 Å². The molecule has 1 heterocycles. The molecule has 1 aromatic rings. The van der Waals surface area contributed by atoms with Crippen molar-refractivity contribution in [1.82, 2.24) is 14.8 Å². The minimum atomic E-state index is -0.657. The molecular formula is C15H26BrN5O. The maximum Gasteiger partial charge on any atom is 0.224 e. The Hall–Kier alpha value is -1.50. The van der Waals surface area contributed by atoms with E-state index in [1.807, 2.05) is 32.1 Å². The van der Waals surface area contributed by atoms with E-state index in [9.17, 15) is 4.79 Å². The maximum atomic E-state index is 11.4. The number of hydrogen-bond donors (Lipinski definition) is 2. The zero-order chi connectivity index (χ0) is 16.9. The summed E-state index contributed by atoms with van der Waals surface area (Å²) in [4.78, 5) is 18.0. The average Bonchev–Trinajstić information content (AvgIpc) is 2.72. The van der Waals surface area contributed by atoms with Crippen LogP contribution in [0.2, 0.25) is 0 Å². The lowest BCUT2D eigenvalue weighted by Gasteiger charge is -2.24. The quantitative estimate of drug-likeness (QED) is 0.590. The van der Waals surface area contributed by atoms with Crippen molar-refractivity contribution in [2.75, 3.05) is 20.1 Å². The van der Waals surface area contributed by atoms with Gasteiger partial charge in [0.05, 0.1) is 18.5 Å². The molecule has 1 amide bonds. The molecule has 0 atom stereocenters. The van der Waals surface area contributed by atoms with Crippen LogP contribution in [-0.2, 0) is 18.4 Å². The van der Waals surface area contributed by atoms with Crippen molar-refractivity contribution in [2.24, 2.45) is 23.2 Å². The van der Waals surface area contributed by atoms with E-state index in [1.54, 1.807) is 13.8 Å². The summed E-state index contributed by atoms with van der Waals surface area (Å²) in [7, 11) is 3.98. The number of guanidine groups is 1. The lowest BCUT2D eigenvalue weighted by molar-refractivity contribution is -0.125. The zero-order valence-electron chi connectivity index (χ0n) is 14.0. The van der Waals surface area contributed by atoms with Gasteiger partial charge < -0.3 is 20.5 Å². The number of aromatic nitrogens is 1. The number of halogens is 1. The Morgan fingerprint density at radius 2 is 2.18 bits per heavy atom. The zero-order valence-corrected chi connectivity index (χ0v) is 15.6. The second-order valence-corrected chi connectivity index (χ2v) is 6.95. The topological polar surface area (TPSA) is 75.6 Å². The van der Waals surface area contributed by atoms with E-state index in [1.165, 1.54) is 0 Å². The van der Waals surface area contributed by atoms with Crippen LogP contribution in [-0.4, -0.2) is 41.5 Å². The van der Waals surface area contributed by atoms with Gasteiger partial charge >= 0.3 is 0 Å². The molecule has 0 aliphatic rings. The lowest BCUT2D eigenvalue weighted by atomic mass is 9.93. The minimum absolute atomic E-state index is 0.346. The minimum Gasteiger partial charge on any atom is -0.369 e. The fourth-order valence-electron chi connectivity index (χ4n) is 1.86. The normalized spacial score (nSPS) is 12.4. The van der Waals surface area contributed by atoms with Gasteiger partial charge in [0.25, 0.3) is 0 Å². The number of carbonyl (C=O) groups excluding carboxylic acids is 1. The molecule has 22 heavy (non-hydrogen) atoms. The van der Waals surface area contributed by atoms with Gasteiger partial charge in [-0.05, 0) is 42.8 Å². The highest BCUT2D eigenvalue weighted by molar-refractivity contribution is 9.10. The second-order valence-electron chi connectivity index (χ2n) is 6.03. The van der Waals surface area contributed by atoms with E-state index in [0.29, 0.717) is 13.1 Å². The first-order valence-electron chi connectivity index (χ1n) is 7.27. The number of amides is 1. The van der Waals surface area contributed by atoms with E-state index < -0.39 is 5.41 Å². The average molecular weight is 372 g/mol. The van der Waals surface area contributed by atoms with Crippen LogP contribution in [0.15, 0.2) is 21.7 Å². The van der Waals surface area contributed by atoms with Gasteiger partial charge in [0, 0.05) is 37.0 Å². The fourth-order valence-corrected chi connectivity index (χ4v) is 2.43. The van der Waals surface area contributed by atoms with E-state index >= 15 is 0 Å². The molecule has 1 rings (SSSR count). The molecule has 0 bridgehead atoms. The molecule has 1 aromatic heterocycles. The van der Waals surface area contributed by atoms with Crippen LogP contribution < -0.4 is 11.1 Å². The molecule has 0 aromatic carbocycles. The molecule has 0 spiro atoms. The third-order valence-corrected chi connectivity index (χ3v) is 3.89. The molecular weight excluding hydrogens is 346 g/mol. The number of nitrogens with zero attached hydrogens (tertiary/aromatic N) is 3. The van der Waals surface area contributed by atoms with Crippen molar-refractivity contribution in [2.45, 2.75) is 27.3 Å². The van der Waals surface area contributed by atoms with Crippen LogP contribution in [0, 0.1) is 5.41 Å². The summed E-state index contributed by atoms with van der Waals surface area (Å²) < 4.78 is 3.12. The number of aliphatic imine (C=N–C) groups is 1. The maximum absolute atomic E-state index is 11.4. The third-order valence-electron chi connectivity index (χ3n) is 3.46. The van der Waals surface area contributed by atoms with Gasteiger partial charge in [0.1, 0.15) is 0 Å². The van der Waals surface area contributed by atoms with Gasteiger partial charge in [0.2, 0.25) is 5.91 Å². The van der Waals surface area contributed by atoms with Crippen LogP contribution >= 0.6 is 15.9 Å². The Balaban J connectivity index is 2.85. The highest BCUT2D eigenvalue weighted by Crippen LogP contribution is 2.16. The first-order chi connectivity index (χ1) is 10.2. The highest BCUT2D eigenvalue weighted by atomic mass is 79.9. The van der Waals surface area contributed by atoms with E-state index in [-0.39, 0.29) is 5.91 Å². The van der Waals surface area contributed by atoms with Crippen molar-refractivity contribution >= 4 is 27.8 Å². The van der Waals surface area contributed by atoms with Crippen molar-refractivity contribution in [3.05, 3.63) is 22.4 Å². The molecule has 0 radical (unpaired) electrons. The predicted octanol–water partition coefficient (Wildman–Crippen LogP) is 1.70. The number of hydrogen-bond acceptors (Lipinski definition) is 2. The van der Waals surface area contributed by atoms with E-state index in [0.717, 1.165) is 22.7 Å². The number of nitrogens with two attached hydrogens (primary N) is 1. The summed E-state index contributed by atoms with van der Waals surface area (Å²) in [6.45, 7) is 7.45. The van der Waals surface area contributed by atoms with Crippen LogP contribution in [0.5, 0.6) is 0 Å². The van der Waals surface area contributed by atoms with Crippen molar-refractivity contribution < 1.29 is 4.79 Å². The molecule has 0 saturated carbocycles. The van der Waals surface area contributed by atoms with Crippen molar-refractivity contribution in [3.63, 3.8) is 0 Å². The second kappa shape index (κ2) is 7.67. The molecule has 0 aliphatic carbocycles. The Bertz CT molecular complexity index is 550. The fraction of sp³-hybridized carbons (Fsp3) is 0.600. The highest BCUT2D eigenvalue weighted by Gasteiger charge is 2.25. The standard InChI is InChI=1S/C15H26BrN5O/c1-6-18-14(19-10-15(2,3)13(17)22)21(5)9-12-7-11(16)8-20(12)4/h7-8H,6,9-10H2,1-5H3,(H2,17,22)(H,18,19). The van der Waals surface area contributed by atoms with Gasteiger partial charge in [0.15, 0.2) is 5.96 Å². The van der Waals surface area contributed by atoms with Crippen LogP contribution in [0.25, 0.3) is 0 Å². The van der Waals surface area contributed by atoms with Gasteiger partial charge in [-0.15, -0.1) is 0 Å². The summed E-state index contributed by atoms with van der Waals surface area (Å²) in [5.41, 5.74) is 5.91. The predicted molar refractivity (Wildman–Crippen MR) is 93.5 cm³/mol. The lowest BCUT2D eigenvalue weighted by Crippen LogP contribution is -2.41. The number of rotatable bonds is 6.